The van der Waals surface area contributed by atoms with E-state index in [1.54, 1.807) is 0 Å². The number of hydrogen-bond acceptors (Lipinski definition) is 4. The van der Waals surface area contributed by atoms with Crippen molar-refractivity contribution in [1.82, 2.24) is 9.97 Å². The van der Waals surface area contributed by atoms with Crippen LogP contribution in [0.25, 0.3) is 67.0 Å². The third-order valence-corrected chi connectivity index (χ3v) is 12.2. The Morgan fingerprint density at radius 3 is 1.08 bits per heavy atom. The first kappa shape index (κ1) is 40.5. The van der Waals surface area contributed by atoms with Crippen LogP contribution in [-0.4, -0.2) is 75.4 Å². The Morgan fingerprint density at radius 2 is 0.763 bits per heavy atom. The molecule has 1 fully saturated rings. The molecule has 1 aliphatic rings. The molecule has 284 valence electrons. The third-order valence-electron chi connectivity index (χ3n) is 12.2. The molecule has 0 radical (unpaired) electrons. The molecule has 0 atom stereocenters. The minimum Gasteiger partial charge on any atom is -0.399 e. The third kappa shape index (κ3) is 8.33. The van der Waals surface area contributed by atoms with E-state index in [1.807, 2.05) is 12.4 Å². The summed E-state index contributed by atoms with van der Waals surface area (Å²) in [5.41, 5.74) is 15.7. The zero-order valence-corrected chi connectivity index (χ0v) is 36.2. The number of benzene rings is 5. The quantitative estimate of drug-likeness (QED) is 0.199. The van der Waals surface area contributed by atoms with Gasteiger partial charge >= 0.3 is 7.12 Å². The van der Waals surface area contributed by atoms with Crippen LogP contribution in [0.1, 0.15) is 38.8 Å². The van der Waals surface area contributed by atoms with Gasteiger partial charge in [0, 0.05) is 23.5 Å². The summed E-state index contributed by atoms with van der Waals surface area (Å²) in [5, 5.41) is 0.119. The van der Waals surface area contributed by atoms with Gasteiger partial charge < -0.3 is 9.31 Å². The molecular weight excluding hydrogens is 712 g/mol. The van der Waals surface area contributed by atoms with E-state index in [0.717, 1.165) is 72.5 Å². The SMILES string of the molecule is BC(B)(B)c1ccc(-c2ccc(-c3ccccc3-c3cc(B4OC(C)(C)C(C)(C)O4)cc(-c4ccccc4-c4ccc(-c5ccc(C(B)(B)B)cn5)cc4)c3)cc2)nc1. The first-order valence-electron chi connectivity index (χ1n) is 20.8. The number of pyridine rings is 2. The summed E-state index contributed by atoms with van der Waals surface area (Å²) < 4.78 is 13.4. The first-order valence-corrected chi connectivity index (χ1v) is 20.8. The first-order chi connectivity index (χ1) is 28.0. The molecule has 0 N–H and O–H groups in total. The van der Waals surface area contributed by atoms with Gasteiger partial charge in [-0.25, -0.2) is 0 Å². The Bertz CT molecular complexity index is 2440. The Hall–Kier alpha value is -5.23. The molecule has 59 heavy (non-hydrogen) atoms. The minimum absolute atomic E-state index is 0.0596. The van der Waals surface area contributed by atoms with Crippen molar-refractivity contribution in [3.63, 3.8) is 0 Å². The summed E-state index contributed by atoms with van der Waals surface area (Å²) in [4.78, 5) is 9.64. The molecule has 0 saturated carbocycles. The van der Waals surface area contributed by atoms with Gasteiger partial charge in [0.2, 0.25) is 0 Å². The molecule has 3 heterocycles. The Labute approximate surface area is 356 Å². The summed E-state index contributed by atoms with van der Waals surface area (Å²) in [5.74, 6) is 0. The summed E-state index contributed by atoms with van der Waals surface area (Å²) >= 11 is 0. The maximum atomic E-state index is 6.69. The fourth-order valence-corrected chi connectivity index (χ4v) is 7.71. The van der Waals surface area contributed by atoms with E-state index in [0.29, 0.717) is 0 Å². The Morgan fingerprint density at radius 1 is 0.424 bits per heavy atom. The zero-order valence-electron chi connectivity index (χ0n) is 36.2. The summed E-state index contributed by atoms with van der Waals surface area (Å²) in [6.45, 7) is 8.44. The van der Waals surface area contributed by atoms with Gasteiger partial charge in [0.25, 0.3) is 0 Å². The predicted octanol–water partition coefficient (Wildman–Crippen LogP) is 4.80. The summed E-state index contributed by atoms with van der Waals surface area (Å²) in [6, 6.07) is 50.3. The summed E-state index contributed by atoms with van der Waals surface area (Å²) in [7, 11) is 12.8. The fourth-order valence-electron chi connectivity index (χ4n) is 7.71. The minimum atomic E-state index is -0.522. The lowest BCUT2D eigenvalue weighted by atomic mass is 9.40. The van der Waals surface area contributed by atoms with E-state index in [9.17, 15) is 0 Å². The average Bonchev–Trinajstić information content (AvgIpc) is 3.46. The van der Waals surface area contributed by atoms with Crippen LogP contribution in [0.2, 0.25) is 0 Å². The molecule has 0 spiro atoms. The highest BCUT2D eigenvalue weighted by atomic mass is 16.7. The van der Waals surface area contributed by atoms with Crippen LogP contribution in [0.4, 0.5) is 0 Å². The van der Waals surface area contributed by atoms with Crippen molar-refractivity contribution >= 4 is 59.7 Å². The van der Waals surface area contributed by atoms with Gasteiger partial charge in [-0.3, -0.25) is 9.97 Å². The lowest BCUT2D eigenvalue weighted by molar-refractivity contribution is 0.00578. The van der Waals surface area contributed by atoms with Gasteiger partial charge in [-0.05, 0) is 107 Å². The maximum Gasteiger partial charge on any atom is 0.494 e. The van der Waals surface area contributed by atoms with Crippen molar-refractivity contribution < 1.29 is 9.31 Å². The van der Waals surface area contributed by atoms with Crippen molar-refractivity contribution in [2.75, 3.05) is 0 Å². The number of hydrogen-bond donors (Lipinski definition) is 0. The van der Waals surface area contributed by atoms with E-state index in [1.165, 1.54) is 11.1 Å². The molecule has 11 heteroatoms. The van der Waals surface area contributed by atoms with Crippen LogP contribution < -0.4 is 5.46 Å². The van der Waals surface area contributed by atoms with E-state index in [2.05, 4.69) is 214 Å². The second-order valence-electron chi connectivity index (χ2n) is 19.0. The fraction of sp³-hybridized carbons (Fsp3) is 0.167. The molecule has 1 aliphatic heterocycles. The van der Waals surface area contributed by atoms with Gasteiger partial charge in [0.05, 0.1) is 69.7 Å². The lowest BCUT2D eigenvalue weighted by Gasteiger charge is -2.32. The molecule has 0 amide bonds. The van der Waals surface area contributed by atoms with E-state index in [4.69, 9.17) is 19.3 Å². The normalized spacial score (nSPS) is 14.9. The zero-order chi connectivity index (χ0) is 41.7. The van der Waals surface area contributed by atoms with Gasteiger partial charge in [0.15, 0.2) is 0 Å². The molecule has 1 saturated heterocycles. The second-order valence-corrected chi connectivity index (χ2v) is 19.0. The Kier molecular flexibility index (Phi) is 10.6. The van der Waals surface area contributed by atoms with Crippen LogP contribution in [0.15, 0.2) is 152 Å². The van der Waals surface area contributed by atoms with Gasteiger partial charge in [-0.2, -0.15) is 0 Å². The van der Waals surface area contributed by atoms with Crippen molar-refractivity contribution in [1.29, 1.82) is 0 Å². The standard InChI is InChI=1S/C48H49B7N2O2/c1-45(2)46(3,4)59-55(58-45)38-26-34(41-11-7-5-9-39(41)30-13-17-32(18-14-30)43-23-21-36(28-56-43)47(49,50)51)25-35(27-38)42-12-8-6-10-40(42)31-15-19-33(20-16-31)44-24-22-37(29-57-44)48(52,53)54/h5-29H,49-54H2,1-4H3. The lowest BCUT2D eigenvalue weighted by Crippen LogP contribution is -2.41. The highest BCUT2D eigenvalue weighted by Crippen LogP contribution is 2.40. The van der Waals surface area contributed by atoms with E-state index >= 15 is 0 Å². The number of rotatable bonds is 9. The molecule has 0 bridgehead atoms. The molecule has 2 aromatic heterocycles. The summed E-state index contributed by atoms with van der Waals surface area (Å²) in [6.07, 6.45) is 4.00. The van der Waals surface area contributed by atoms with Crippen molar-refractivity contribution in [3.8, 4) is 67.0 Å². The van der Waals surface area contributed by atoms with E-state index < -0.39 is 18.3 Å². The molecule has 8 rings (SSSR count). The van der Waals surface area contributed by atoms with Crippen LogP contribution >= 0.6 is 0 Å². The molecule has 5 aromatic carbocycles. The highest BCUT2D eigenvalue weighted by molar-refractivity contribution is 6.62. The van der Waals surface area contributed by atoms with Crippen molar-refractivity contribution in [3.05, 3.63) is 163 Å². The number of nitrogens with zero attached hydrogens (tertiary/aromatic N) is 2. The van der Waals surface area contributed by atoms with Crippen LogP contribution in [0.5, 0.6) is 0 Å². The molecule has 0 aliphatic carbocycles. The van der Waals surface area contributed by atoms with Crippen LogP contribution in [-0.2, 0) is 19.5 Å². The largest absolute Gasteiger partial charge is 0.494 e. The molecule has 7 aromatic rings. The van der Waals surface area contributed by atoms with Crippen LogP contribution in [0, 0.1) is 0 Å². The topological polar surface area (TPSA) is 44.2 Å². The van der Waals surface area contributed by atoms with Gasteiger partial charge in [0.1, 0.15) is 0 Å². The van der Waals surface area contributed by atoms with Gasteiger partial charge in [-0.15, -0.1) is 0 Å². The van der Waals surface area contributed by atoms with E-state index in [-0.39, 0.29) is 10.2 Å². The molecule has 0 unspecified atom stereocenters. The van der Waals surface area contributed by atoms with Crippen molar-refractivity contribution in [2.45, 2.75) is 49.1 Å². The Balaban J connectivity index is 1.19. The van der Waals surface area contributed by atoms with Crippen molar-refractivity contribution in [2.24, 2.45) is 0 Å². The maximum absolute atomic E-state index is 6.69. The van der Waals surface area contributed by atoms with Gasteiger partial charge in [-0.1, -0.05) is 132 Å². The smallest absolute Gasteiger partial charge is 0.399 e. The second kappa shape index (κ2) is 15.4. The highest BCUT2D eigenvalue weighted by Gasteiger charge is 2.51. The monoisotopic (exact) mass is 762 g/mol. The average molecular weight is 762 g/mol. The number of aromatic nitrogens is 2. The predicted molar refractivity (Wildman–Crippen MR) is 265 cm³/mol. The molecular formula is C48H49B7N2O2. The van der Waals surface area contributed by atoms with Crippen LogP contribution in [0.3, 0.4) is 0 Å². The molecule has 4 nitrogen and oxygen atoms in total.